The summed E-state index contributed by atoms with van der Waals surface area (Å²) in [7, 11) is 0. The summed E-state index contributed by atoms with van der Waals surface area (Å²) in [5.74, 6) is -0.917. The first kappa shape index (κ1) is 14.4. The summed E-state index contributed by atoms with van der Waals surface area (Å²) in [6, 6.07) is 4.53. The summed E-state index contributed by atoms with van der Waals surface area (Å²) >= 11 is 0. The van der Waals surface area contributed by atoms with Crippen LogP contribution in [0, 0.1) is 12.7 Å². The first-order valence-corrected chi connectivity index (χ1v) is 5.88. The molecule has 1 N–H and O–H groups in total. The van der Waals surface area contributed by atoms with E-state index in [1.165, 1.54) is 12.1 Å². The molecule has 0 atom stereocenters. The maximum atomic E-state index is 13.5. The number of hydrogen-bond acceptors (Lipinski definition) is 2. The van der Waals surface area contributed by atoms with Crippen LogP contribution in [0.15, 0.2) is 30.9 Å². The molecule has 18 heavy (non-hydrogen) atoms. The maximum Gasteiger partial charge on any atom is 0.254 e. The normalized spacial score (nSPS) is 10.1. The topological polar surface area (TPSA) is 38.3 Å². The zero-order chi connectivity index (χ0) is 13.4. The van der Waals surface area contributed by atoms with Gasteiger partial charge in [0.05, 0.1) is 18.8 Å². The average Bonchev–Trinajstić information content (AvgIpc) is 2.33. The predicted molar refractivity (Wildman–Crippen MR) is 69.1 cm³/mol. The summed E-state index contributed by atoms with van der Waals surface area (Å²) in [5, 5.41) is 2.61. The van der Waals surface area contributed by atoms with Crippen molar-refractivity contribution < 1.29 is 13.9 Å². The molecule has 1 rings (SSSR count). The first-order chi connectivity index (χ1) is 8.65. The van der Waals surface area contributed by atoms with Gasteiger partial charge in [-0.05, 0) is 31.0 Å². The van der Waals surface area contributed by atoms with Gasteiger partial charge in [0.1, 0.15) is 5.82 Å². The second kappa shape index (κ2) is 7.61. The molecule has 0 aromatic heterocycles. The van der Waals surface area contributed by atoms with E-state index in [4.69, 9.17) is 4.74 Å². The number of carbonyl (C=O) groups excluding carboxylic acids is 1. The molecule has 1 aromatic carbocycles. The Morgan fingerprint density at radius 1 is 1.50 bits per heavy atom. The molecule has 1 aromatic rings. The van der Waals surface area contributed by atoms with Crippen LogP contribution in [-0.2, 0) is 4.74 Å². The van der Waals surface area contributed by atoms with Gasteiger partial charge in [-0.25, -0.2) is 4.39 Å². The van der Waals surface area contributed by atoms with E-state index in [0.29, 0.717) is 19.8 Å². The standard InChI is InChI=1S/C14H18FNO2/c1-3-4-8-18-9-7-16-14(17)12-6-5-11(2)10-13(12)15/h3,5-6,10H,1,4,7-9H2,2H3,(H,16,17). The first-order valence-electron chi connectivity index (χ1n) is 5.88. The van der Waals surface area contributed by atoms with Crippen molar-refractivity contribution in [3.63, 3.8) is 0 Å². The number of amides is 1. The smallest absolute Gasteiger partial charge is 0.254 e. The number of rotatable bonds is 7. The van der Waals surface area contributed by atoms with Crippen LogP contribution in [0.5, 0.6) is 0 Å². The lowest BCUT2D eigenvalue weighted by Crippen LogP contribution is -2.28. The van der Waals surface area contributed by atoms with Crippen LogP contribution in [0.1, 0.15) is 22.3 Å². The van der Waals surface area contributed by atoms with Crippen LogP contribution >= 0.6 is 0 Å². The molecule has 0 heterocycles. The highest BCUT2D eigenvalue weighted by molar-refractivity contribution is 5.94. The molecule has 0 saturated heterocycles. The van der Waals surface area contributed by atoms with Gasteiger partial charge in [0.25, 0.3) is 5.91 Å². The fourth-order valence-corrected chi connectivity index (χ4v) is 1.40. The fraction of sp³-hybridized carbons (Fsp3) is 0.357. The van der Waals surface area contributed by atoms with Gasteiger partial charge in [-0.2, -0.15) is 0 Å². The minimum Gasteiger partial charge on any atom is -0.379 e. The van der Waals surface area contributed by atoms with Crippen molar-refractivity contribution in [3.05, 3.63) is 47.8 Å². The molecule has 0 saturated carbocycles. The molecule has 0 aliphatic heterocycles. The third-order valence-corrected chi connectivity index (χ3v) is 2.37. The Hall–Kier alpha value is -1.68. The Balaban J connectivity index is 2.34. The van der Waals surface area contributed by atoms with Crippen LogP contribution in [0.25, 0.3) is 0 Å². The van der Waals surface area contributed by atoms with Crippen molar-refractivity contribution in [1.82, 2.24) is 5.32 Å². The number of ether oxygens (including phenoxy) is 1. The second-order valence-electron chi connectivity index (χ2n) is 3.93. The monoisotopic (exact) mass is 251 g/mol. The zero-order valence-corrected chi connectivity index (χ0v) is 10.5. The van der Waals surface area contributed by atoms with Crippen LogP contribution in [0.4, 0.5) is 4.39 Å². The quantitative estimate of drug-likeness (QED) is 0.597. The largest absolute Gasteiger partial charge is 0.379 e. The second-order valence-corrected chi connectivity index (χ2v) is 3.93. The molecule has 98 valence electrons. The van der Waals surface area contributed by atoms with E-state index in [0.717, 1.165) is 12.0 Å². The van der Waals surface area contributed by atoms with E-state index in [-0.39, 0.29) is 5.56 Å². The van der Waals surface area contributed by atoms with E-state index in [2.05, 4.69) is 11.9 Å². The van der Waals surface area contributed by atoms with Gasteiger partial charge in [0.15, 0.2) is 0 Å². The minimum atomic E-state index is -0.500. The molecule has 0 aliphatic carbocycles. The zero-order valence-electron chi connectivity index (χ0n) is 10.5. The van der Waals surface area contributed by atoms with Gasteiger partial charge in [-0.1, -0.05) is 12.1 Å². The van der Waals surface area contributed by atoms with Crippen molar-refractivity contribution in [2.24, 2.45) is 0 Å². The Kier molecular flexibility index (Phi) is 6.08. The Morgan fingerprint density at radius 3 is 2.94 bits per heavy atom. The number of aryl methyl sites for hydroxylation is 1. The van der Waals surface area contributed by atoms with Crippen molar-refractivity contribution in [2.45, 2.75) is 13.3 Å². The van der Waals surface area contributed by atoms with Crippen LogP contribution in [0.2, 0.25) is 0 Å². The van der Waals surface area contributed by atoms with Crippen molar-refractivity contribution in [2.75, 3.05) is 19.8 Å². The molecule has 0 aliphatic rings. The molecule has 4 heteroatoms. The van der Waals surface area contributed by atoms with Gasteiger partial charge < -0.3 is 10.1 Å². The fourth-order valence-electron chi connectivity index (χ4n) is 1.40. The van der Waals surface area contributed by atoms with Gasteiger partial charge in [0, 0.05) is 6.54 Å². The number of nitrogens with one attached hydrogen (secondary N) is 1. The van der Waals surface area contributed by atoms with Crippen molar-refractivity contribution in [3.8, 4) is 0 Å². The molecule has 0 spiro atoms. The highest BCUT2D eigenvalue weighted by atomic mass is 19.1. The summed E-state index contributed by atoms with van der Waals surface area (Å²) in [6.45, 7) is 6.70. The molecule has 0 unspecified atom stereocenters. The Bertz CT molecular complexity index is 418. The van der Waals surface area contributed by atoms with Gasteiger partial charge in [-0.15, -0.1) is 6.58 Å². The lowest BCUT2D eigenvalue weighted by atomic mass is 10.1. The molecule has 3 nitrogen and oxygen atoms in total. The number of benzene rings is 1. The molecule has 0 bridgehead atoms. The summed E-state index contributed by atoms with van der Waals surface area (Å²) < 4.78 is 18.7. The summed E-state index contributed by atoms with van der Waals surface area (Å²) in [6.07, 6.45) is 2.54. The van der Waals surface area contributed by atoms with Gasteiger partial charge in [0.2, 0.25) is 0 Å². The minimum absolute atomic E-state index is 0.0618. The average molecular weight is 251 g/mol. The van der Waals surface area contributed by atoms with E-state index < -0.39 is 11.7 Å². The van der Waals surface area contributed by atoms with Gasteiger partial charge >= 0.3 is 0 Å². The SMILES string of the molecule is C=CCCOCCNC(=O)c1ccc(C)cc1F. The highest BCUT2D eigenvalue weighted by Gasteiger charge is 2.10. The molecular weight excluding hydrogens is 233 g/mol. The maximum absolute atomic E-state index is 13.5. The molecule has 1 amide bonds. The summed E-state index contributed by atoms with van der Waals surface area (Å²) in [5.41, 5.74) is 0.850. The van der Waals surface area contributed by atoms with Crippen LogP contribution in [-0.4, -0.2) is 25.7 Å². The third kappa shape index (κ3) is 4.67. The van der Waals surface area contributed by atoms with Crippen LogP contribution < -0.4 is 5.32 Å². The van der Waals surface area contributed by atoms with E-state index >= 15 is 0 Å². The van der Waals surface area contributed by atoms with E-state index in [9.17, 15) is 9.18 Å². The lowest BCUT2D eigenvalue weighted by molar-refractivity contribution is 0.0914. The Morgan fingerprint density at radius 2 is 2.28 bits per heavy atom. The van der Waals surface area contributed by atoms with Gasteiger partial charge in [-0.3, -0.25) is 4.79 Å². The summed E-state index contributed by atoms with van der Waals surface area (Å²) in [4.78, 5) is 11.6. The van der Waals surface area contributed by atoms with Crippen LogP contribution in [0.3, 0.4) is 0 Å². The highest BCUT2D eigenvalue weighted by Crippen LogP contribution is 2.09. The molecule has 0 radical (unpaired) electrons. The molecular formula is C14H18FNO2. The molecule has 0 fully saturated rings. The lowest BCUT2D eigenvalue weighted by Gasteiger charge is -2.07. The predicted octanol–water partition coefficient (Wildman–Crippen LogP) is 2.46. The van der Waals surface area contributed by atoms with Crippen molar-refractivity contribution in [1.29, 1.82) is 0 Å². The third-order valence-electron chi connectivity index (χ3n) is 2.37. The number of carbonyl (C=O) groups is 1. The number of hydrogen-bond donors (Lipinski definition) is 1. The Labute approximate surface area is 107 Å². The van der Waals surface area contributed by atoms with E-state index in [1.807, 2.05) is 0 Å². The number of halogens is 1. The van der Waals surface area contributed by atoms with Crippen molar-refractivity contribution >= 4 is 5.91 Å². The van der Waals surface area contributed by atoms with E-state index in [1.54, 1.807) is 19.1 Å².